The van der Waals surface area contributed by atoms with Crippen LogP contribution in [0, 0.1) is 13.8 Å². The van der Waals surface area contributed by atoms with Gasteiger partial charge in [0.05, 0.1) is 21.3 Å². The maximum absolute atomic E-state index is 12.8. The highest BCUT2D eigenvalue weighted by atomic mass is 16.5. The summed E-state index contributed by atoms with van der Waals surface area (Å²) in [5.74, 6) is 1.34. The molecule has 0 spiro atoms. The van der Waals surface area contributed by atoms with Crippen molar-refractivity contribution in [1.82, 2.24) is 0 Å². The van der Waals surface area contributed by atoms with Gasteiger partial charge in [-0.15, -0.1) is 0 Å². The van der Waals surface area contributed by atoms with Crippen LogP contribution in [0.1, 0.15) is 27.0 Å². The van der Waals surface area contributed by atoms with E-state index in [-0.39, 0.29) is 5.78 Å². The van der Waals surface area contributed by atoms with Crippen molar-refractivity contribution < 1.29 is 19.0 Å². The van der Waals surface area contributed by atoms with Crippen LogP contribution in [0.3, 0.4) is 0 Å². The van der Waals surface area contributed by atoms with E-state index in [1.165, 1.54) is 21.3 Å². The predicted molar refractivity (Wildman–Crippen MR) is 85.4 cm³/mol. The zero-order valence-electron chi connectivity index (χ0n) is 13.5. The first kappa shape index (κ1) is 15.9. The van der Waals surface area contributed by atoms with Crippen LogP contribution in [0.2, 0.25) is 0 Å². The SMILES string of the molecule is COc1cc(C(=O)c2ccc(C)cc2C)cc(OC)c1OC. The molecule has 0 heterocycles. The van der Waals surface area contributed by atoms with E-state index in [9.17, 15) is 4.79 Å². The summed E-state index contributed by atoms with van der Waals surface area (Å²) in [6.07, 6.45) is 0. The standard InChI is InChI=1S/C18H20O4/c1-11-6-7-14(12(2)8-11)17(19)13-9-15(20-3)18(22-5)16(10-13)21-4/h6-10H,1-5H3. The summed E-state index contributed by atoms with van der Waals surface area (Å²) in [6, 6.07) is 9.10. The first-order valence-corrected chi connectivity index (χ1v) is 6.93. The molecule has 0 unspecified atom stereocenters. The third-order valence-electron chi connectivity index (χ3n) is 3.55. The molecular formula is C18H20O4. The van der Waals surface area contributed by atoms with Gasteiger partial charge in [-0.05, 0) is 31.5 Å². The normalized spacial score (nSPS) is 10.2. The summed E-state index contributed by atoms with van der Waals surface area (Å²) in [5.41, 5.74) is 3.24. The lowest BCUT2D eigenvalue weighted by atomic mass is 9.97. The number of rotatable bonds is 5. The third kappa shape index (κ3) is 2.91. The van der Waals surface area contributed by atoms with Gasteiger partial charge in [0.15, 0.2) is 17.3 Å². The van der Waals surface area contributed by atoms with Gasteiger partial charge in [-0.25, -0.2) is 0 Å². The Labute approximate surface area is 130 Å². The van der Waals surface area contributed by atoms with E-state index in [0.29, 0.717) is 28.4 Å². The Morgan fingerprint density at radius 3 is 1.91 bits per heavy atom. The lowest BCUT2D eigenvalue weighted by molar-refractivity contribution is 0.103. The quantitative estimate of drug-likeness (QED) is 0.792. The smallest absolute Gasteiger partial charge is 0.203 e. The minimum absolute atomic E-state index is 0.0725. The number of methoxy groups -OCH3 is 3. The minimum atomic E-state index is -0.0725. The van der Waals surface area contributed by atoms with Gasteiger partial charge in [-0.1, -0.05) is 23.8 Å². The van der Waals surface area contributed by atoms with Gasteiger partial charge in [0, 0.05) is 11.1 Å². The van der Waals surface area contributed by atoms with Gasteiger partial charge >= 0.3 is 0 Å². The number of ether oxygens (including phenoxy) is 3. The van der Waals surface area contributed by atoms with Crippen molar-refractivity contribution in [3.8, 4) is 17.2 Å². The van der Waals surface area contributed by atoms with Crippen LogP contribution in [-0.4, -0.2) is 27.1 Å². The number of aryl methyl sites for hydroxylation is 2. The average molecular weight is 300 g/mol. The second kappa shape index (κ2) is 6.52. The van der Waals surface area contributed by atoms with E-state index in [1.54, 1.807) is 12.1 Å². The highest BCUT2D eigenvalue weighted by Gasteiger charge is 2.19. The Morgan fingerprint density at radius 1 is 0.864 bits per heavy atom. The number of ketones is 1. The van der Waals surface area contributed by atoms with Gasteiger partial charge in [-0.3, -0.25) is 4.79 Å². The number of carbonyl (C=O) groups is 1. The lowest BCUT2D eigenvalue weighted by Crippen LogP contribution is -2.06. The Bertz CT molecular complexity index is 679. The van der Waals surface area contributed by atoms with E-state index in [1.807, 2.05) is 32.0 Å². The molecular weight excluding hydrogens is 280 g/mol. The molecule has 0 bridgehead atoms. The van der Waals surface area contributed by atoms with Crippen molar-refractivity contribution in [2.24, 2.45) is 0 Å². The van der Waals surface area contributed by atoms with Crippen molar-refractivity contribution in [3.05, 3.63) is 52.6 Å². The summed E-state index contributed by atoms with van der Waals surface area (Å²) in [4.78, 5) is 12.8. The summed E-state index contributed by atoms with van der Waals surface area (Å²) < 4.78 is 15.9. The molecule has 0 aliphatic heterocycles. The summed E-state index contributed by atoms with van der Waals surface area (Å²) in [7, 11) is 4.59. The first-order chi connectivity index (χ1) is 10.5. The van der Waals surface area contributed by atoms with Crippen molar-refractivity contribution in [1.29, 1.82) is 0 Å². The van der Waals surface area contributed by atoms with E-state index in [4.69, 9.17) is 14.2 Å². The largest absolute Gasteiger partial charge is 0.493 e. The van der Waals surface area contributed by atoms with E-state index < -0.39 is 0 Å². The van der Waals surface area contributed by atoms with Gasteiger partial charge in [0.1, 0.15) is 0 Å². The fourth-order valence-electron chi connectivity index (χ4n) is 2.44. The molecule has 2 aromatic carbocycles. The van der Waals surface area contributed by atoms with Crippen molar-refractivity contribution in [2.45, 2.75) is 13.8 Å². The molecule has 0 saturated heterocycles. The molecule has 2 aromatic rings. The molecule has 4 heteroatoms. The zero-order chi connectivity index (χ0) is 16.3. The molecule has 116 valence electrons. The van der Waals surface area contributed by atoms with Crippen LogP contribution in [0.4, 0.5) is 0 Å². The number of hydrogen-bond acceptors (Lipinski definition) is 4. The molecule has 22 heavy (non-hydrogen) atoms. The predicted octanol–water partition coefficient (Wildman–Crippen LogP) is 3.56. The summed E-state index contributed by atoms with van der Waals surface area (Å²) in [6.45, 7) is 3.93. The fourth-order valence-corrected chi connectivity index (χ4v) is 2.44. The Morgan fingerprint density at radius 2 is 1.45 bits per heavy atom. The van der Waals surface area contributed by atoms with Crippen molar-refractivity contribution >= 4 is 5.78 Å². The van der Waals surface area contributed by atoms with Gasteiger partial charge < -0.3 is 14.2 Å². The molecule has 0 aliphatic carbocycles. The third-order valence-corrected chi connectivity index (χ3v) is 3.55. The van der Waals surface area contributed by atoms with Crippen LogP contribution in [0.5, 0.6) is 17.2 Å². The van der Waals surface area contributed by atoms with Crippen LogP contribution in [0.15, 0.2) is 30.3 Å². The highest BCUT2D eigenvalue weighted by Crippen LogP contribution is 2.38. The van der Waals surface area contributed by atoms with Crippen molar-refractivity contribution in [3.63, 3.8) is 0 Å². The van der Waals surface area contributed by atoms with Crippen molar-refractivity contribution in [2.75, 3.05) is 21.3 Å². The number of hydrogen-bond donors (Lipinski definition) is 0. The fraction of sp³-hybridized carbons (Fsp3) is 0.278. The average Bonchev–Trinajstić information content (AvgIpc) is 2.52. The van der Waals surface area contributed by atoms with Gasteiger partial charge in [-0.2, -0.15) is 0 Å². The first-order valence-electron chi connectivity index (χ1n) is 6.93. The maximum Gasteiger partial charge on any atom is 0.203 e. The molecule has 0 atom stereocenters. The van der Waals surface area contributed by atoms with Gasteiger partial charge in [0.2, 0.25) is 5.75 Å². The second-order valence-corrected chi connectivity index (χ2v) is 5.06. The van der Waals surface area contributed by atoms with E-state index >= 15 is 0 Å². The maximum atomic E-state index is 12.8. The minimum Gasteiger partial charge on any atom is -0.493 e. The Hall–Kier alpha value is -2.49. The zero-order valence-corrected chi connectivity index (χ0v) is 13.5. The molecule has 4 nitrogen and oxygen atoms in total. The molecule has 0 amide bonds. The molecule has 0 N–H and O–H groups in total. The Kier molecular flexibility index (Phi) is 4.71. The van der Waals surface area contributed by atoms with E-state index in [0.717, 1.165) is 11.1 Å². The summed E-state index contributed by atoms with van der Waals surface area (Å²) >= 11 is 0. The van der Waals surface area contributed by atoms with Crippen LogP contribution < -0.4 is 14.2 Å². The number of carbonyl (C=O) groups excluding carboxylic acids is 1. The van der Waals surface area contributed by atoms with Crippen LogP contribution >= 0.6 is 0 Å². The van der Waals surface area contributed by atoms with Crippen LogP contribution in [0.25, 0.3) is 0 Å². The monoisotopic (exact) mass is 300 g/mol. The Balaban J connectivity index is 2.54. The summed E-state index contributed by atoms with van der Waals surface area (Å²) in [5, 5.41) is 0. The number of benzene rings is 2. The molecule has 0 fully saturated rings. The molecule has 2 rings (SSSR count). The lowest BCUT2D eigenvalue weighted by Gasteiger charge is -2.14. The molecule has 0 aliphatic rings. The van der Waals surface area contributed by atoms with Crippen LogP contribution in [-0.2, 0) is 0 Å². The molecule has 0 radical (unpaired) electrons. The highest BCUT2D eigenvalue weighted by molar-refractivity contribution is 6.10. The topological polar surface area (TPSA) is 44.8 Å². The van der Waals surface area contributed by atoms with Gasteiger partial charge in [0.25, 0.3) is 0 Å². The van der Waals surface area contributed by atoms with E-state index in [2.05, 4.69) is 0 Å². The molecule has 0 aromatic heterocycles. The molecule has 0 saturated carbocycles. The second-order valence-electron chi connectivity index (χ2n) is 5.06.